The van der Waals surface area contributed by atoms with E-state index in [4.69, 9.17) is 0 Å². The summed E-state index contributed by atoms with van der Waals surface area (Å²) >= 11 is 0. The molecule has 4 fully saturated rings. The Hall–Kier alpha value is -0.0800. The molecule has 0 amide bonds. The van der Waals surface area contributed by atoms with Crippen molar-refractivity contribution in [2.45, 2.75) is 69.9 Å². The average molecular weight is 237 g/mol. The summed E-state index contributed by atoms with van der Waals surface area (Å²) in [5, 5.41) is 9.89. The number of hydrogen-bond acceptors (Lipinski definition) is 2. The molecule has 0 radical (unpaired) electrons. The molecule has 4 atom stereocenters. The molecule has 3 saturated heterocycles. The van der Waals surface area contributed by atoms with E-state index in [1.165, 1.54) is 64.3 Å². The van der Waals surface area contributed by atoms with Crippen LogP contribution >= 0.6 is 0 Å². The molecular weight excluding hydrogens is 210 g/mol. The Morgan fingerprint density at radius 1 is 1.00 bits per heavy atom. The Morgan fingerprint density at radius 2 is 1.82 bits per heavy atom. The van der Waals surface area contributed by atoms with Gasteiger partial charge in [0.2, 0.25) is 0 Å². The van der Waals surface area contributed by atoms with Crippen LogP contribution in [0.5, 0.6) is 0 Å². The fraction of sp³-hybridized carbons (Fsp3) is 1.00. The predicted octanol–water partition coefficient (Wildman–Crippen LogP) is 2.80. The molecule has 2 heteroatoms. The van der Waals surface area contributed by atoms with Crippen molar-refractivity contribution < 1.29 is 5.11 Å². The summed E-state index contributed by atoms with van der Waals surface area (Å²) in [4.78, 5) is 2.56. The Bertz CT molecular complexity index is 249. The van der Waals surface area contributed by atoms with Gasteiger partial charge in [-0.05, 0) is 44.1 Å². The zero-order valence-electron chi connectivity index (χ0n) is 11.0. The summed E-state index contributed by atoms with van der Waals surface area (Å²) in [6.07, 6.45) is 12.7. The highest BCUT2D eigenvalue weighted by molar-refractivity contribution is 4.92. The summed E-state index contributed by atoms with van der Waals surface area (Å²) in [5.41, 5.74) is 0. The van der Waals surface area contributed by atoms with Crippen LogP contribution in [-0.4, -0.2) is 35.2 Å². The second-order valence-electron chi connectivity index (χ2n) is 6.58. The van der Waals surface area contributed by atoms with Crippen LogP contribution in [0.3, 0.4) is 0 Å². The lowest BCUT2D eigenvalue weighted by Gasteiger charge is -2.48. The number of piperidine rings is 3. The van der Waals surface area contributed by atoms with Crippen molar-refractivity contribution in [2.24, 2.45) is 11.8 Å². The summed E-state index contributed by atoms with van der Waals surface area (Å²) < 4.78 is 0. The third-order valence-electron chi connectivity index (χ3n) is 5.48. The van der Waals surface area contributed by atoms with Crippen molar-refractivity contribution in [1.82, 2.24) is 4.90 Å². The van der Waals surface area contributed by atoms with Gasteiger partial charge in [0.05, 0.1) is 6.10 Å². The number of aliphatic hydroxyl groups is 1. The molecule has 3 heterocycles. The first-order valence-electron chi connectivity index (χ1n) is 7.75. The van der Waals surface area contributed by atoms with Crippen LogP contribution < -0.4 is 0 Å². The quantitative estimate of drug-likeness (QED) is 0.816. The lowest BCUT2D eigenvalue weighted by molar-refractivity contribution is -0.0581. The number of fused-ring (bicyclic) bond motifs is 3. The third-order valence-corrected chi connectivity index (χ3v) is 5.48. The zero-order valence-corrected chi connectivity index (χ0v) is 11.0. The molecule has 3 aliphatic heterocycles. The van der Waals surface area contributed by atoms with E-state index in [1.54, 1.807) is 0 Å². The largest absolute Gasteiger partial charge is 0.392 e. The minimum atomic E-state index is -0.0188. The maximum Gasteiger partial charge on any atom is 0.0696 e. The third kappa shape index (κ3) is 2.68. The molecule has 0 aromatic rings. The van der Waals surface area contributed by atoms with E-state index in [2.05, 4.69) is 4.90 Å². The van der Waals surface area contributed by atoms with Crippen LogP contribution in [0, 0.1) is 11.8 Å². The Kier molecular flexibility index (Phi) is 3.72. The van der Waals surface area contributed by atoms with E-state index in [9.17, 15) is 5.11 Å². The van der Waals surface area contributed by atoms with Crippen LogP contribution in [0.1, 0.15) is 57.8 Å². The smallest absolute Gasteiger partial charge is 0.0696 e. The monoisotopic (exact) mass is 237 g/mol. The predicted molar refractivity (Wildman–Crippen MR) is 69.9 cm³/mol. The molecule has 0 aromatic heterocycles. The topological polar surface area (TPSA) is 23.5 Å². The summed E-state index contributed by atoms with van der Waals surface area (Å²) in [6, 6.07) is 0.805. The molecule has 98 valence electrons. The van der Waals surface area contributed by atoms with Gasteiger partial charge in [-0.15, -0.1) is 0 Å². The van der Waals surface area contributed by atoms with E-state index in [0.29, 0.717) is 5.92 Å². The number of hydrogen-bond donors (Lipinski definition) is 1. The molecule has 0 aromatic carbocycles. The lowest BCUT2D eigenvalue weighted by atomic mass is 9.78. The van der Waals surface area contributed by atoms with E-state index in [-0.39, 0.29) is 6.10 Å². The minimum Gasteiger partial charge on any atom is -0.392 e. The second-order valence-corrected chi connectivity index (χ2v) is 6.58. The van der Waals surface area contributed by atoms with Crippen molar-refractivity contribution in [1.29, 1.82) is 0 Å². The summed E-state index contributed by atoms with van der Waals surface area (Å²) in [7, 11) is 0. The average Bonchev–Trinajstić information content (AvgIpc) is 2.39. The summed E-state index contributed by atoms with van der Waals surface area (Å²) in [5.74, 6) is 1.65. The molecule has 4 rings (SSSR count). The highest BCUT2D eigenvalue weighted by Crippen LogP contribution is 2.36. The normalized spacial score (nSPS) is 42.9. The standard InChI is InChI=1S/C15H27NO/c17-15-11-16-9-8-13(15)10-14(16)7-6-12-4-2-1-3-5-12/h12-15,17H,1-11H2. The minimum absolute atomic E-state index is 0.0188. The molecule has 1 N–H and O–H groups in total. The van der Waals surface area contributed by atoms with Gasteiger partial charge in [-0.3, -0.25) is 4.90 Å². The first-order chi connectivity index (χ1) is 8.33. The Labute approximate surface area is 105 Å². The molecule has 1 saturated carbocycles. The Morgan fingerprint density at radius 3 is 2.47 bits per heavy atom. The fourth-order valence-corrected chi connectivity index (χ4v) is 4.31. The van der Waals surface area contributed by atoms with Gasteiger partial charge in [-0.2, -0.15) is 0 Å². The molecular formula is C15H27NO. The summed E-state index contributed by atoms with van der Waals surface area (Å²) in [6.45, 7) is 2.21. The van der Waals surface area contributed by atoms with Gasteiger partial charge in [0.1, 0.15) is 0 Å². The zero-order chi connectivity index (χ0) is 11.7. The van der Waals surface area contributed by atoms with Crippen LogP contribution in [-0.2, 0) is 0 Å². The van der Waals surface area contributed by atoms with E-state index in [0.717, 1.165) is 18.5 Å². The van der Waals surface area contributed by atoms with Crippen LogP contribution in [0.2, 0.25) is 0 Å². The van der Waals surface area contributed by atoms with Crippen molar-refractivity contribution in [2.75, 3.05) is 13.1 Å². The first-order valence-corrected chi connectivity index (χ1v) is 7.75. The SMILES string of the molecule is OC1CN2CCC1CC2CCC1CCCCC1. The van der Waals surface area contributed by atoms with Gasteiger partial charge in [0.15, 0.2) is 0 Å². The van der Waals surface area contributed by atoms with Crippen molar-refractivity contribution in [3.05, 3.63) is 0 Å². The molecule has 4 aliphatic rings. The van der Waals surface area contributed by atoms with Crippen molar-refractivity contribution in [3.8, 4) is 0 Å². The molecule has 2 nitrogen and oxygen atoms in total. The first kappa shape index (κ1) is 12.0. The maximum absolute atomic E-state index is 9.89. The molecule has 17 heavy (non-hydrogen) atoms. The van der Waals surface area contributed by atoms with Crippen LogP contribution in [0.4, 0.5) is 0 Å². The highest BCUT2D eigenvalue weighted by atomic mass is 16.3. The number of aliphatic hydroxyl groups excluding tert-OH is 1. The van der Waals surface area contributed by atoms with Crippen molar-refractivity contribution in [3.63, 3.8) is 0 Å². The molecule has 4 unspecified atom stereocenters. The molecule has 1 aliphatic carbocycles. The second kappa shape index (κ2) is 5.27. The lowest BCUT2D eigenvalue weighted by Crippen LogP contribution is -2.55. The number of rotatable bonds is 3. The molecule has 2 bridgehead atoms. The van der Waals surface area contributed by atoms with E-state index < -0.39 is 0 Å². The van der Waals surface area contributed by atoms with Gasteiger partial charge in [0, 0.05) is 12.6 Å². The fourth-order valence-electron chi connectivity index (χ4n) is 4.31. The van der Waals surface area contributed by atoms with Crippen molar-refractivity contribution >= 4 is 0 Å². The van der Waals surface area contributed by atoms with Gasteiger partial charge >= 0.3 is 0 Å². The van der Waals surface area contributed by atoms with Crippen LogP contribution in [0.25, 0.3) is 0 Å². The Balaban J connectivity index is 1.46. The van der Waals surface area contributed by atoms with Gasteiger partial charge in [-0.25, -0.2) is 0 Å². The number of nitrogens with zero attached hydrogens (tertiary/aromatic N) is 1. The van der Waals surface area contributed by atoms with Gasteiger partial charge in [0.25, 0.3) is 0 Å². The van der Waals surface area contributed by atoms with E-state index in [1.807, 2.05) is 0 Å². The van der Waals surface area contributed by atoms with Crippen LogP contribution in [0.15, 0.2) is 0 Å². The van der Waals surface area contributed by atoms with E-state index >= 15 is 0 Å². The van der Waals surface area contributed by atoms with Gasteiger partial charge < -0.3 is 5.11 Å². The van der Waals surface area contributed by atoms with Gasteiger partial charge in [-0.1, -0.05) is 32.1 Å². The highest BCUT2D eigenvalue weighted by Gasteiger charge is 2.38. The maximum atomic E-state index is 9.89. The molecule has 0 spiro atoms.